The van der Waals surface area contributed by atoms with Gasteiger partial charge in [-0.1, -0.05) is 26.0 Å². The molecule has 150 valence electrons. The van der Waals surface area contributed by atoms with Crippen LogP contribution >= 0.6 is 0 Å². The zero-order valence-electron chi connectivity index (χ0n) is 16.1. The lowest BCUT2D eigenvalue weighted by atomic mass is 10.1. The molecule has 0 aliphatic rings. The molecule has 0 saturated carbocycles. The van der Waals surface area contributed by atoms with E-state index in [0.29, 0.717) is 24.2 Å². The van der Waals surface area contributed by atoms with Crippen LogP contribution in [0.3, 0.4) is 0 Å². The quantitative estimate of drug-likeness (QED) is 0.682. The van der Waals surface area contributed by atoms with E-state index >= 15 is 0 Å². The number of nitrogens with zero attached hydrogens (tertiary/aromatic N) is 1. The first-order valence-corrected chi connectivity index (χ1v) is 10.3. The predicted octanol–water partition coefficient (Wildman–Crippen LogP) is 2.43. The van der Waals surface area contributed by atoms with E-state index in [9.17, 15) is 18.0 Å². The number of sulfonamides is 1. The fourth-order valence-corrected chi connectivity index (χ4v) is 4.11. The minimum absolute atomic E-state index is 0.227. The fraction of sp³-hybridized carbons (Fsp3) is 0.300. The lowest BCUT2D eigenvalue weighted by Crippen LogP contribution is -2.30. The molecule has 0 aromatic heterocycles. The highest BCUT2D eigenvalue weighted by Gasteiger charge is 2.21. The van der Waals surface area contributed by atoms with Crippen molar-refractivity contribution in [2.75, 3.05) is 20.2 Å². The van der Waals surface area contributed by atoms with Gasteiger partial charge in [-0.2, -0.15) is 4.31 Å². The molecule has 0 saturated heterocycles. The van der Waals surface area contributed by atoms with Gasteiger partial charge < -0.3 is 10.1 Å². The number of carbonyl (C=O) groups excluding carboxylic acids is 2. The van der Waals surface area contributed by atoms with Gasteiger partial charge in [-0.15, -0.1) is 0 Å². The molecule has 0 fully saturated rings. The Morgan fingerprint density at radius 3 is 1.96 bits per heavy atom. The van der Waals surface area contributed by atoms with Crippen LogP contribution in [0.1, 0.15) is 40.1 Å². The third-order valence-corrected chi connectivity index (χ3v) is 6.35. The van der Waals surface area contributed by atoms with Crippen molar-refractivity contribution in [3.8, 4) is 0 Å². The standard InChI is InChI=1S/C20H24N2O5S/c1-4-22(5-2)28(25,26)18-12-6-15(7-13-18)14-21-19(23)16-8-10-17(11-9-16)20(24)27-3/h6-13H,4-5,14H2,1-3H3,(H,21,23). The van der Waals surface area contributed by atoms with Gasteiger partial charge in [-0.3, -0.25) is 4.79 Å². The summed E-state index contributed by atoms with van der Waals surface area (Å²) in [6.07, 6.45) is 0. The summed E-state index contributed by atoms with van der Waals surface area (Å²) in [6.45, 7) is 4.66. The van der Waals surface area contributed by atoms with Crippen LogP contribution in [0.2, 0.25) is 0 Å². The van der Waals surface area contributed by atoms with E-state index in [1.165, 1.54) is 23.5 Å². The van der Waals surface area contributed by atoms with Crippen molar-refractivity contribution in [3.05, 3.63) is 65.2 Å². The number of carbonyl (C=O) groups is 2. The number of rotatable bonds is 8. The van der Waals surface area contributed by atoms with E-state index in [2.05, 4.69) is 10.1 Å². The first kappa shape index (κ1) is 21.6. The molecule has 0 atom stereocenters. The summed E-state index contributed by atoms with van der Waals surface area (Å²) in [5, 5.41) is 2.77. The maximum Gasteiger partial charge on any atom is 0.337 e. The highest BCUT2D eigenvalue weighted by Crippen LogP contribution is 2.16. The summed E-state index contributed by atoms with van der Waals surface area (Å²) in [5.74, 6) is -0.761. The van der Waals surface area contributed by atoms with Gasteiger partial charge in [0.25, 0.3) is 5.91 Å². The average molecular weight is 404 g/mol. The molecular weight excluding hydrogens is 380 g/mol. The van der Waals surface area contributed by atoms with Crippen LogP contribution in [-0.2, 0) is 21.3 Å². The zero-order chi connectivity index (χ0) is 20.7. The molecule has 0 unspecified atom stereocenters. The topological polar surface area (TPSA) is 92.8 Å². The Morgan fingerprint density at radius 1 is 0.929 bits per heavy atom. The van der Waals surface area contributed by atoms with Crippen molar-refractivity contribution in [1.29, 1.82) is 0 Å². The van der Waals surface area contributed by atoms with Crippen LogP contribution in [-0.4, -0.2) is 44.8 Å². The second-order valence-corrected chi connectivity index (χ2v) is 7.92. The molecule has 2 aromatic rings. The number of nitrogens with one attached hydrogen (secondary N) is 1. The van der Waals surface area contributed by atoms with Gasteiger partial charge in [-0.25, -0.2) is 13.2 Å². The highest BCUT2D eigenvalue weighted by atomic mass is 32.2. The van der Waals surface area contributed by atoms with Gasteiger partial charge in [0, 0.05) is 25.2 Å². The van der Waals surface area contributed by atoms with Gasteiger partial charge in [0.1, 0.15) is 0 Å². The van der Waals surface area contributed by atoms with Crippen molar-refractivity contribution in [2.24, 2.45) is 0 Å². The fourth-order valence-electron chi connectivity index (χ4n) is 2.65. The van der Waals surface area contributed by atoms with Gasteiger partial charge >= 0.3 is 5.97 Å². The summed E-state index contributed by atoms with van der Waals surface area (Å²) in [4.78, 5) is 23.9. The summed E-state index contributed by atoms with van der Waals surface area (Å²) in [6, 6.07) is 12.6. The molecule has 1 amide bonds. The molecule has 0 aliphatic heterocycles. The van der Waals surface area contributed by atoms with E-state index in [1.54, 1.807) is 50.2 Å². The second kappa shape index (κ2) is 9.48. The maximum atomic E-state index is 12.5. The van der Waals surface area contributed by atoms with E-state index in [-0.39, 0.29) is 17.3 Å². The summed E-state index contributed by atoms with van der Waals surface area (Å²) in [5.41, 5.74) is 1.55. The number of hydrogen-bond donors (Lipinski definition) is 1. The van der Waals surface area contributed by atoms with Gasteiger partial charge in [0.05, 0.1) is 17.6 Å². The first-order valence-electron chi connectivity index (χ1n) is 8.89. The van der Waals surface area contributed by atoms with E-state index < -0.39 is 16.0 Å². The lowest BCUT2D eigenvalue weighted by Gasteiger charge is -2.18. The molecule has 8 heteroatoms. The van der Waals surface area contributed by atoms with Crippen molar-refractivity contribution >= 4 is 21.9 Å². The molecule has 0 aliphatic carbocycles. The Morgan fingerprint density at radius 2 is 1.46 bits per heavy atom. The van der Waals surface area contributed by atoms with Gasteiger partial charge in [0.15, 0.2) is 0 Å². The van der Waals surface area contributed by atoms with Gasteiger partial charge in [0.2, 0.25) is 10.0 Å². The van der Waals surface area contributed by atoms with Crippen molar-refractivity contribution in [3.63, 3.8) is 0 Å². The third kappa shape index (κ3) is 4.96. The molecule has 0 radical (unpaired) electrons. The Hall–Kier alpha value is -2.71. The Labute approximate surface area is 165 Å². The monoisotopic (exact) mass is 404 g/mol. The van der Waals surface area contributed by atoms with Crippen molar-refractivity contribution in [1.82, 2.24) is 9.62 Å². The number of methoxy groups -OCH3 is 1. The minimum Gasteiger partial charge on any atom is -0.465 e. The van der Waals surface area contributed by atoms with Crippen LogP contribution in [0.4, 0.5) is 0 Å². The van der Waals surface area contributed by atoms with Crippen LogP contribution in [0.15, 0.2) is 53.4 Å². The van der Waals surface area contributed by atoms with Gasteiger partial charge in [-0.05, 0) is 42.0 Å². The summed E-state index contributed by atoms with van der Waals surface area (Å²) >= 11 is 0. The SMILES string of the molecule is CCN(CC)S(=O)(=O)c1ccc(CNC(=O)c2ccc(C(=O)OC)cc2)cc1. The van der Waals surface area contributed by atoms with E-state index in [4.69, 9.17) is 0 Å². The number of benzene rings is 2. The first-order chi connectivity index (χ1) is 13.3. The van der Waals surface area contributed by atoms with Crippen molar-refractivity contribution < 1.29 is 22.7 Å². The van der Waals surface area contributed by atoms with Crippen LogP contribution in [0, 0.1) is 0 Å². The summed E-state index contributed by atoms with van der Waals surface area (Å²) in [7, 11) is -2.20. The largest absolute Gasteiger partial charge is 0.465 e. The number of esters is 1. The Kier molecular flexibility index (Phi) is 7.31. The van der Waals surface area contributed by atoms with Crippen molar-refractivity contribution in [2.45, 2.75) is 25.3 Å². The molecule has 2 aromatic carbocycles. The molecule has 0 bridgehead atoms. The predicted molar refractivity (Wildman–Crippen MR) is 106 cm³/mol. The number of hydrogen-bond acceptors (Lipinski definition) is 5. The van der Waals surface area contributed by atoms with Crippen LogP contribution in [0.5, 0.6) is 0 Å². The molecule has 0 spiro atoms. The maximum absolute atomic E-state index is 12.5. The normalized spacial score (nSPS) is 11.3. The second-order valence-electron chi connectivity index (χ2n) is 5.98. The smallest absolute Gasteiger partial charge is 0.337 e. The highest BCUT2D eigenvalue weighted by molar-refractivity contribution is 7.89. The molecule has 7 nitrogen and oxygen atoms in total. The zero-order valence-corrected chi connectivity index (χ0v) is 17.0. The molecule has 1 N–H and O–H groups in total. The lowest BCUT2D eigenvalue weighted by molar-refractivity contribution is 0.0600. The van der Waals surface area contributed by atoms with E-state index in [1.807, 2.05) is 0 Å². The number of amides is 1. The Balaban J connectivity index is 2.01. The molecule has 2 rings (SSSR count). The summed E-state index contributed by atoms with van der Waals surface area (Å²) < 4.78 is 31.0. The molecular formula is C20H24N2O5S. The molecule has 0 heterocycles. The van der Waals surface area contributed by atoms with Crippen LogP contribution < -0.4 is 5.32 Å². The van der Waals surface area contributed by atoms with Crippen LogP contribution in [0.25, 0.3) is 0 Å². The minimum atomic E-state index is -3.50. The van der Waals surface area contributed by atoms with E-state index in [0.717, 1.165) is 5.56 Å². The molecule has 28 heavy (non-hydrogen) atoms. The number of ether oxygens (including phenoxy) is 1. The third-order valence-electron chi connectivity index (χ3n) is 4.29. The average Bonchev–Trinajstić information content (AvgIpc) is 2.72. The Bertz CT molecular complexity index is 918.